The summed E-state index contributed by atoms with van der Waals surface area (Å²) in [7, 11) is 0. The Morgan fingerprint density at radius 1 is 1.25 bits per heavy atom. The summed E-state index contributed by atoms with van der Waals surface area (Å²) in [6, 6.07) is 0.542. The lowest BCUT2D eigenvalue weighted by Crippen LogP contribution is -2.51. The predicted octanol–water partition coefficient (Wildman–Crippen LogP) is 0.650. The summed E-state index contributed by atoms with van der Waals surface area (Å²) in [6.07, 6.45) is 1.11. The van der Waals surface area contributed by atoms with Crippen LogP contribution in [0.3, 0.4) is 0 Å². The fourth-order valence-corrected chi connectivity index (χ4v) is 3.37. The fourth-order valence-electron chi connectivity index (χ4n) is 3.37. The largest absolute Gasteiger partial charge is 0.379 e. The molecule has 5 heteroatoms. The van der Waals surface area contributed by atoms with Crippen LogP contribution < -0.4 is 0 Å². The van der Waals surface area contributed by atoms with Gasteiger partial charge in [-0.05, 0) is 26.4 Å². The van der Waals surface area contributed by atoms with E-state index in [0.717, 1.165) is 58.9 Å². The molecular weight excluding hydrogens is 254 g/mol. The van der Waals surface area contributed by atoms with Crippen LogP contribution in [0.15, 0.2) is 0 Å². The summed E-state index contributed by atoms with van der Waals surface area (Å²) in [5.74, 6) is 0.293. The molecule has 2 aliphatic heterocycles. The Balaban J connectivity index is 1.86. The van der Waals surface area contributed by atoms with Crippen molar-refractivity contribution in [3.05, 3.63) is 0 Å². The topological polar surface area (TPSA) is 36.0 Å². The molecule has 5 nitrogen and oxygen atoms in total. The molecule has 0 saturated carbocycles. The minimum atomic E-state index is -0.00523. The van der Waals surface area contributed by atoms with Crippen LogP contribution in [0.25, 0.3) is 0 Å². The average molecular weight is 283 g/mol. The van der Waals surface area contributed by atoms with Gasteiger partial charge in [-0.15, -0.1) is 0 Å². The molecule has 0 aliphatic carbocycles. The van der Waals surface area contributed by atoms with E-state index in [0.29, 0.717) is 11.9 Å². The number of morpholine rings is 1. The summed E-state index contributed by atoms with van der Waals surface area (Å²) < 4.78 is 5.36. The number of rotatable bonds is 5. The molecule has 116 valence electrons. The number of likely N-dealkylation sites (N-methyl/N-ethyl adjacent to an activating group) is 1. The van der Waals surface area contributed by atoms with Gasteiger partial charge in [0, 0.05) is 32.2 Å². The highest BCUT2D eigenvalue weighted by Gasteiger charge is 2.33. The molecule has 2 unspecified atom stereocenters. The van der Waals surface area contributed by atoms with Gasteiger partial charge in [-0.1, -0.05) is 13.8 Å². The summed E-state index contributed by atoms with van der Waals surface area (Å²) >= 11 is 0. The van der Waals surface area contributed by atoms with E-state index in [1.165, 1.54) is 0 Å². The van der Waals surface area contributed by atoms with E-state index in [1.807, 2.05) is 6.92 Å². The number of ether oxygens (including phenoxy) is 1. The molecule has 2 atom stereocenters. The average Bonchev–Trinajstić information content (AvgIpc) is 2.97. The van der Waals surface area contributed by atoms with Gasteiger partial charge in [-0.25, -0.2) is 0 Å². The van der Waals surface area contributed by atoms with Crippen LogP contribution in [0.1, 0.15) is 27.2 Å². The van der Waals surface area contributed by atoms with Gasteiger partial charge in [-0.3, -0.25) is 14.6 Å². The number of hydrogen-bond donors (Lipinski definition) is 0. The van der Waals surface area contributed by atoms with Gasteiger partial charge in [0.05, 0.1) is 19.3 Å². The molecule has 1 amide bonds. The normalized spacial score (nSPS) is 26.2. The zero-order valence-corrected chi connectivity index (χ0v) is 13.2. The molecule has 0 spiro atoms. The molecule has 2 aliphatic rings. The Labute approximate surface area is 122 Å². The number of carbonyl (C=O) groups excluding carboxylic acids is 1. The number of nitrogens with zero attached hydrogens (tertiary/aromatic N) is 3. The lowest BCUT2D eigenvalue weighted by molar-refractivity contribution is -0.137. The van der Waals surface area contributed by atoms with Crippen molar-refractivity contribution in [3.63, 3.8) is 0 Å². The molecule has 0 aromatic heterocycles. The second-order valence-corrected chi connectivity index (χ2v) is 5.77. The van der Waals surface area contributed by atoms with E-state index in [2.05, 4.69) is 28.5 Å². The Bertz CT molecular complexity index is 314. The lowest BCUT2D eigenvalue weighted by atomic mass is 10.2. The third kappa shape index (κ3) is 3.51. The molecule has 2 saturated heterocycles. The molecule has 2 rings (SSSR count). The number of likely N-dealkylation sites (tertiary alicyclic amines) is 1. The third-order valence-corrected chi connectivity index (χ3v) is 4.75. The van der Waals surface area contributed by atoms with Crippen molar-refractivity contribution in [1.29, 1.82) is 0 Å². The Morgan fingerprint density at radius 3 is 2.50 bits per heavy atom. The minimum absolute atomic E-state index is 0.00523. The first kappa shape index (κ1) is 15.7. The van der Waals surface area contributed by atoms with Crippen LogP contribution in [0.4, 0.5) is 0 Å². The van der Waals surface area contributed by atoms with Crippen LogP contribution in [0.5, 0.6) is 0 Å². The third-order valence-electron chi connectivity index (χ3n) is 4.75. The highest BCUT2D eigenvalue weighted by Crippen LogP contribution is 2.18. The summed E-state index contributed by atoms with van der Waals surface area (Å²) in [4.78, 5) is 19.4. The van der Waals surface area contributed by atoms with Gasteiger partial charge in [-0.2, -0.15) is 0 Å². The Kier molecular flexibility index (Phi) is 5.81. The molecule has 2 heterocycles. The zero-order chi connectivity index (χ0) is 14.5. The second-order valence-electron chi connectivity index (χ2n) is 5.77. The summed E-state index contributed by atoms with van der Waals surface area (Å²) in [6.45, 7) is 13.6. The maximum absolute atomic E-state index is 12.6. The number of amides is 1. The van der Waals surface area contributed by atoms with Crippen molar-refractivity contribution in [2.45, 2.75) is 39.3 Å². The number of hydrogen-bond acceptors (Lipinski definition) is 4. The molecule has 20 heavy (non-hydrogen) atoms. The molecular formula is C15H29N3O2. The van der Waals surface area contributed by atoms with Crippen LogP contribution in [-0.4, -0.2) is 85.2 Å². The van der Waals surface area contributed by atoms with Crippen LogP contribution in [-0.2, 0) is 9.53 Å². The van der Waals surface area contributed by atoms with Crippen LogP contribution >= 0.6 is 0 Å². The zero-order valence-electron chi connectivity index (χ0n) is 13.2. The van der Waals surface area contributed by atoms with Crippen LogP contribution in [0, 0.1) is 0 Å². The maximum atomic E-state index is 12.6. The minimum Gasteiger partial charge on any atom is -0.379 e. The Hall–Kier alpha value is -0.650. The van der Waals surface area contributed by atoms with E-state index in [9.17, 15) is 4.79 Å². The van der Waals surface area contributed by atoms with Gasteiger partial charge in [0.1, 0.15) is 0 Å². The first-order valence-corrected chi connectivity index (χ1v) is 8.02. The van der Waals surface area contributed by atoms with Gasteiger partial charge >= 0.3 is 0 Å². The highest BCUT2D eigenvalue weighted by molar-refractivity contribution is 5.81. The van der Waals surface area contributed by atoms with Crippen molar-refractivity contribution in [2.24, 2.45) is 0 Å². The lowest BCUT2D eigenvalue weighted by Gasteiger charge is -2.34. The van der Waals surface area contributed by atoms with Gasteiger partial charge in [0.15, 0.2) is 0 Å². The molecule has 0 bridgehead atoms. The molecule has 0 N–H and O–H groups in total. The summed E-state index contributed by atoms with van der Waals surface area (Å²) in [5.41, 5.74) is 0. The molecule has 2 fully saturated rings. The quantitative estimate of drug-likeness (QED) is 0.742. The highest BCUT2D eigenvalue weighted by atomic mass is 16.5. The van der Waals surface area contributed by atoms with Gasteiger partial charge < -0.3 is 9.64 Å². The van der Waals surface area contributed by atoms with E-state index < -0.39 is 0 Å². The van der Waals surface area contributed by atoms with E-state index in [4.69, 9.17) is 4.74 Å². The standard InChI is InChI=1S/C15H29N3O2/c1-4-16(5-2)14-6-7-18(12-14)15(19)13(3)17-8-10-20-11-9-17/h13-14H,4-12H2,1-3H3. The van der Waals surface area contributed by atoms with Gasteiger partial charge in [0.25, 0.3) is 0 Å². The van der Waals surface area contributed by atoms with Crippen molar-refractivity contribution in [2.75, 3.05) is 52.5 Å². The van der Waals surface area contributed by atoms with E-state index in [1.54, 1.807) is 0 Å². The van der Waals surface area contributed by atoms with Crippen LogP contribution in [0.2, 0.25) is 0 Å². The second kappa shape index (κ2) is 7.38. The van der Waals surface area contributed by atoms with Crippen molar-refractivity contribution in [3.8, 4) is 0 Å². The Morgan fingerprint density at radius 2 is 1.90 bits per heavy atom. The van der Waals surface area contributed by atoms with E-state index >= 15 is 0 Å². The summed E-state index contributed by atoms with van der Waals surface area (Å²) in [5, 5.41) is 0. The molecule has 0 aromatic carbocycles. The molecule has 0 radical (unpaired) electrons. The van der Waals surface area contributed by atoms with Crippen molar-refractivity contribution < 1.29 is 9.53 Å². The molecule has 0 aromatic rings. The SMILES string of the molecule is CCN(CC)C1CCN(C(=O)C(C)N2CCOCC2)C1. The number of carbonyl (C=O) groups is 1. The van der Waals surface area contributed by atoms with Gasteiger partial charge in [0.2, 0.25) is 5.91 Å². The monoisotopic (exact) mass is 283 g/mol. The predicted molar refractivity (Wildman–Crippen MR) is 79.8 cm³/mol. The maximum Gasteiger partial charge on any atom is 0.239 e. The first-order valence-electron chi connectivity index (χ1n) is 8.02. The first-order chi connectivity index (χ1) is 9.67. The van der Waals surface area contributed by atoms with E-state index in [-0.39, 0.29) is 6.04 Å². The fraction of sp³-hybridized carbons (Fsp3) is 0.933. The van der Waals surface area contributed by atoms with Crippen molar-refractivity contribution >= 4 is 5.91 Å². The van der Waals surface area contributed by atoms with Crippen molar-refractivity contribution in [1.82, 2.24) is 14.7 Å². The smallest absolute Gasteiger partial charge is 0.239 e.